The van der Waals surface area contributed by atoms with E-state index in [0.29, 0.717) is 25.9 Å². The van der Waals surface area contributed by atoms with Gasteiger partial charge in [0.1, 0.15) is 11.3 Å². The number of furan rings is 1. The fourth-order valence-corrected chi connectivity index (χ4v) is 2.41. The summed E-state index contributed by atoms with van der Waals surface area (Å²) in [6.07, 6.45) is 2.56. The van der Waals surface area contributed by atoms with Crippen LogP contribution in [0, 0.1) is 0 Å². The van der Waals surface area contributed by atoms with Crippen molar-refractivity contribution in [2.75, 3.05) is 19.8 Å². The monoisotopic (exact) mass is 289 g/mol. The van der Waals surface area contributed by atoms with Crippen molar-refractivity contribution in [1.82, 2.24) is 5.32 Å². The van der Waals surface area contributed by atoms with Crippen LogP contribution in [0.3, 0.4) is 0 Å². The van der Waals surface area contributed by atoms with Crippen molar-refractivity contribution in [2.24, 2.45) is 0 Å². The summed E-state index contributed by atoms with van der Waals surface area (Å²) in [4.78, 5) is 0. The fraction of sp³-hybridized carbons (Fsp3) is 0.529. The van der Waals surface area contributed by atoms with Gasteiger partial charge in [-0.2, -0.15) is 0 Å². The average molecular weight is 289 g/mol. The van der Waals surface area contributed by atoms with Crippen molar-refractivity contribution in [3.8, 4) is 0 Å². The minimum absolute atomic E-state index is 0.575. The fourth-order valence-electron chi connectivity index (χ4n) is 2.41. The molecule has 3 rings (SSSR count). The van der Waals surface area contributed by atoms with Crippen molar-refractivity contribution < 1.29 is 13.9 Å². The molecule has 0 amide bonds. The van der Waals surface area contributed by atoms with Crippen LogP contribution in [0.25, 0.3) is 11.0 Å². The predicted octanol–water partition coefficient (Wildman–Crippen LogP) is 3.24. The Morgan fingerprint density at radius 2 is 2.00 bits per heavy atom. The molecule has 1 N–H and O–H groups in total. The average Bonchev–Trinajstić information content (AvgIpc) is 3.27. The highest BCUT2D eigenvalue weighted by Crippen LogP contribution is 2.28. The van der Waals surface area contributed by atoms with Crippen LogP contribution in [-0.2, 0) is 22.6 Å². The largest absolute Gasteiger partial charge is 0.459 e. The maximum atomic E-state index is 5.98. The first-order valence-electron chi connectivity index (χ1n) is 7.76. The Hall–Kier alpha value is -1.36. The molecule has 1 saturated carbocycles. The third-order valence-corrected chi connectivity index (χ3v) is 3.73. The van der Waals surface area contributed by atoms with Gasteiger partial charge < -0.3 is 19.2 Å². The van der Waals surface area contributed by atoms with Crippen molar-refractivity contribution in [3.05, 3.63) is 35.6 Å². The number of hydrogen-bond acceptors (Lipinski definition) is 4. The Balaban J connectivity index is 1.68. The zero-order valence-electron chi connectivity index (χ0n) is 12.6. The highest BCUT2D eigenvalue weighted by molar-refractivity contribution is 5.82. The molecule has 0 bridgehead atoms. The molecule has 1 aliphatic carbocycles. The van der Waals surface area contributed by atoms with Crippen molar-refractivity contribution in [2.45, 2.75) is 39.0 Å². The van der Waals surface area contributed by atoms with E-state index in [1.807, 2.05) is 25.1 Å². The van der Waals surface area contributed by atoms with E-state index in [4.69, 9.17) is 13.9 Å². The van der Waals surface area contributed by atoms with Gasteiger partial charge in [0.2, 0.25) is 0 Å². The summed E-state index contributed by atoms with van der Waals surface area (Å²) in [7, 11) is 0. The molecule has 0 radical (unpaired) electrons. The molecule has 2 aromatic rings. The van der Waals surface area contributed by atoms with Gasteiger partial charge in [-0.3, -0.25) is 0 Å². The Morgan fingerprint density at radius 3 is 2.81 bits per heavy atom. The van der Waals surface area contributed by atoms with Gasteiger partial charge >= 0.3 is 0 Å². The number of ether oxygens (including phenoxy) is 2. The molecule has 114 valence electrons. The van der Waals surface area contributed by atoms with Crippen LogP contribution in [0.5, 0.6) is 0 Å². The predicted molar refractivity (Wildman–Crippen MR) is 82.2 cm³/mol. The standard InChI is InChI=1S/C17H23NO3/c1-2-19-9-10-20-12-15-14-5-3-4-6-16(14)21-17(15)11-18-13-7-8-13/h3-6,13,18H,2,7-12H2,1H3. The first-order chi connectivity index (χ1) is 10.4. The van der Waals surface area contributed by atoms with Crippen LogP contribution in [-0.4, -0.2) is 25.9 Å². The molecule has 0 spiro atoms. The number of nitrogens with one attached hydrogen (secondary N) is 1. The third-order valence-electron chi connectivity index (χ3n) is 3.73. The zero-order chi connectivity index (χ0) is 14.5. The summed E-state index contributed by atoms with van der Waals surface area (Å²) in [6, 6.07) is 8.83. The first kappa shape index (κ1) is 14.6. The van der Waals surface area contributed by atoms with Gasteiger partial charge in [0.15, 0.2) is 0 Å². The minimum Gasteiger partial charge on any atom is -0.459 e. The van der Waals surface area contributed by atoms with Gasteiger partial charge in [0.05, 0.1) is 26.4 Å². The Labute approximate surface area is 125 Å². The Morgan fingerprint density at radius 1 is 1.19 bits per heavy atom. The number of para-hydroxylation sites is 1. The van der Waals surface area contributed by atoms with Gasteiger partial charge in [-0.15, -0.1) is 0 Å². The van der Waals surface area contributed by atoms with Crippen LogP contribution in [0.1, 0.15) is 31.1 Å². The highest BCUT2D eigenvalue weighted by Gasteiger charge is 2.22. The lowest BCUT2D eigenvalue weighted by Crippen LogP contribution is -2.16. The quantitative estimate of drug-likeness (QED) is 0.720. The molecule has 1 aromatic heterocycles. The van der Waals surface area contributed by atoms with Crippen LogP contribution in [0.4, 0.5) is 0 Å². The van der Waals surface area contributed by atoms with Crippen LogP contribution < -0.4 is 5.32 Å². The topological polar surface area (TPSA) is 43.6 Å². The van der Waals surface area contributed by atoms with E-state index >= 15 is 0 Å². The number of hydrogen-bond donors (Lipinski definition) is 1. The number of fused-ring (bicyclic) bond motifs is 1. The summed E-state index contributed by atoms with van der Waals surface area (Å²) in [5.41, 5.74) is 2.10. The summed E-state index contributed by atoms with van der Waals surface area (Å²) >= 11 is 0. The SMILES string of the molecule is CCOCCOCc1c(CNC2CC2)oc2ccccc12. The van der Waals surface area contributed by atoms with Gasteiger partial charge in [0, 0.05) is 23.6 Å². The van der Waals surface area contributed by atoms with E-state index in [2.05, 4.69) is 11.4 Å². The maximum absolute atomic E-state index is 5.98. The molecule has 0 aliphatic heterocycles. The van der Waals surface area contributed by atoms with E-state index in [1.165, 1.54) is 12.8 Å². The van der Waals surface area contributed by atoms with Gasteiger partial charge in [0.25, 0.3) is 0 Å². The molecular formula is C17H23NO3. The molecular weight excluding hydrogens is 266 g/mol. The molecule has 1 fully saturated rings. The van der Waals surface area contributed by atoms with Crippen LogP contribution in [0.15, 0.2) is 28.7 Å². The maximum Gasteiger partial charge on any atom is 0.134 e. The van der Waals surface area contributed by atoms with Gasteiger partial charge in [-0.1, -0.05) is 18.2 Å². The van der Waals surface area contributed by atoms with Crippen molar-refractivity contribution in [1.29, 1.82) is 0 Å². The second-order valence-electron chi connectivity index (χ2n) is 5.40. The summed E-state index contributed by atoms with van der Waals surface area (Å²) in [6.45, 7) is 5.33. The molecule has 0 saturated heterocycles. The summed E-state index contributed by atoms with van der Waals surface area (Å²) in [5.74, 6) is 1.000. The minimum atomic E-state index is 0.575. The third kappa shape index (κ3) is 3.84. The second-order valence-corrected chi connectivity index (χ2v) is 5.40. The molecule has 21 heavy (non-hydrogen) atoms. The molecule has 1 aromatic carbocycles. The van der Waals surface area contributed by atoms with E-state index in [0.717, 1.165) is 35.4 Å². The summed E-state index contributed by atoms with van der Waals surface area (Å²) < 4.78 is 17.0. The van der Waals surface area contributed by atoms with Gasteiger partial charge in [-0.05, 0) is 25.8 Å². The van der Waals surface area contributed by atoms with E-state index in [1.54, 1.807) is 0 Å². The summed E-state index contributed by atoms with van der Waals surface area (Å²) in [5, 5.41) is 4.67. The molecule has 0 atom stereocenters. The lowest BCUT2D eigenvalue weighted by molar-refractivity contribution is 0.0451. The highest BCUT2D eigenvalue weighted by atomic mass is 16.5. The van der Waals surface area contributed by atoms with Crippen LogP contribution >= 0.6 is 0 Å². The normalized spacial score (nSPS) is 14.9. The molecule has 1 aliphatic rings. The molecule has 4 nitrogen and oxygen atoms in total. The smallest absolute Gasteiger partial charge is 0.134 e. The Bertz CT molecular complexity index is 574. The number of rotatable bonds is 9. The molecule has 4 heteroatoms. The zero-order valence-corrected chi connectivity index (χ0v) is 12.6. The Kier molecular flexibility index (Phi) is 4.91. The first-order valence-corrected chi connectivity index (χ1v) is 7.76. The van der Waals surface area contributed by atoms with E-state index in [9.17, 15) is 0 Å². The van der Waals surface area contributed by atoms with Crippen molar-refractivity contribution >= 4 is 11.0 Å². The second kappa shape index (κ2) is 7.07. The molecule has 1 heterocycles. The van der Waals surface area contributed by atoms with E-state index < -0.39 is 0 Å². The lowest BCUT2D eigenvalue weighted by Gasteiger charge is -2.06. The van der Waals surface area contributed by atoms with Gasteiger partial charge in [-0.25, -0.2) is 0 Å². The van der Waals surface area contributed by atoms with Crippen molar-refractivity contribution in [3.63, 3.8) is 0 Å². The van der Waals surface area contributed by atoms with Crippen LogP contribution in [0.2, 0.25) is 0 Å². The lowest BCUT2D eigenvalue weighted by atomic mass is 10.1. The number of benzene rings is 1. The van der Waals surface area contributed by atoms with E-state index in [-0.39, 0.29) is 0 Å². The molecule has 0 unspecified atom stereocenters.